The van der Waals surface area contributed by atoms with Gasteiger partial charge in [-0.3, -0.25) is 14.8 Å². The lowest BCUT2D eigenvalue weighted by atomic mass is 10.1. The van der Waals surface area contributed by atoms with Gasteiger partial charge in [0.1, 0.15) is 5.60 Å². The van der Waals surface area contributed by atoms with Gasteiger partial charge in [0, 0.05) is 31.6 Å². The lowest BCUT2D eigenvalue weighted by Gasteiger charge is -2.27. The van der Waals surface area contributed by atoms with E-state index in [4.69, 9.17) is 4.74 Å². The molecule has 0 saturated carbocycles. The summed E-state index contributed by atoms with van der Waals surface area (Å²) in [5.41, 5.74) is 0.369. The van der Waals surface area contributed by atoms with Gasteiger partial charge in [0.2, 0.25) is 0 Å². The summed E-state index contributed by atoms with van der Waals surface area (Å²) in [7, 11) is 0. The summed E-state index contributed by atoms with van der Waals surface area (Å²) >= 11 is 0. The van der Waals surface area contributed by atoms with Gasteiger partial charge in [0.05, 0.1) is 5.69 Å². The van der Waals surface area contributed by atoms with Crippen molar-refractivity contribution in [2.24, 2.45) is 0 Å². The van der Waals surface area contributed by atoms with Crippen molar-refractivity contribution in [1.82, 2.24) is 10.2 Å². The average Bonchev–Trinajstić information content (AvgIpc) is 2.84. The van der Waals surface area contributed by atoms with Crippen molar-refractivity contribution in [2.45, 2.75) is 58.5 Å². The number of benzene rings is 2. The van der Waals surface area contributed by atoms with Gasteiger partial charge in [0.15, 0.2) is 0 Å². The fraction of sp³-hybridized carbons (Fsp3) is 0.444. The molecule has 0 aliphatic heterocycles. The lowest BCUT2D eigenvalue weighted by Crippen LogP contribution is -2.40. The van der Waals surface area contributed by atoms with Crippen molar-refractivity contribution in [3.63, 3.8) is 0 Å². The predicted octanol–water partition coefficient (Wildman–Crippen LogP) is 5.03. The van der Waals surface area contributed by atoms with E-state index in [1.165, 1.54) is 4.90 Å². The standard InChI is InChI=1S/C27H37N3O5/c1-27(2,3)35-26(33)29(21-18-24(31)30(34)23-16-10-7-11-17-23)20-13-5-4-12-19-28-25(32)22-14-8-6-9-15-22/h6-11,14-17,34H,4-5,12-13,18-21H2,1-3H3,(H,28,32). The highest BCUT2D eigenvalue weighted by atomic mass is 16.6. The molecule has 2 aromatic carbocycles. The highest BCUT2D eigenvalue weighted by Gasteiger charge is 2.23. The van der Waals surface area contributed by atoms with Gasteiger partial charge in [-0.15, -0.1) is 0 Å². The van der Waals surface area contributed by atoms with Gasteiger partial charge < -0.3 is 15.0 Å². The Hall–Kier alpha value is -3.39. The maximum Gasteiger partial charge on any atom is 0.410 e. The quantitative estimate of drug-likeness (QED) is 0.251. The lowest BCUT2D eigenvalue weighted by molar-refractivity contribution is -0.123. The Balaban J connectivity index is 1.76. The number of anilines is 1. The summed E-state index contributed by atoms with van der Waals surface area (Å²) in [5, 5.41) is 13.7. The number of hydrogen-bond acceptors (Lipinski definition) is 5. The van der Waals surface area contributed by atoms with Crippen LogP contribution in [0.2, 0.25) is 0 Å². The average molecular weight is 484 g/mol. The molecule has 3 amide bonds. The number of hydrogen-bond donors (Lipinski definition) is 2. The molecule has 0 spiro atoms. The third-order valence-corrected chi connectivity index (χ3v) is 5.16. The molecule has 0 aromatic heterocycles. The number of carbonyl (C=O) groups excluding carboxylic acids is 3. The zero-order chi connectivity index (χ0) is 25.7. The van der Waals surface area contributed by atoms with Crippen LogP contribution in [0.25, 0.3) is 0 Å². The van der Waals surface area contributed by atoms with Crippen LogP contribution in [0.15, 0.2) is 60.7 Å². The zero-order valence-corrected chi connectivity index (χ0v) is 20.9. The van der Waals surface area contributed by atoms with E-state index in [-0.39, 0.29) is 18.9 Å². The van der Waals surface area contributed by atoms with Gasteiger partial charge in [0.25, 0.3) is 11.8 Å². The second-order valence-corrected chi connectivity index (χ2v) is 9.29. The Labute approximate surface area is 207 Å². The van der Waals surface area contributed by atoms with E-state index >= 15 is 0 Å². The fourth-order valence-corrected chi connectivity index (χ4v) is 3.35. The second kappa shape index (κ2) is 14.1. The van der Waals surface area contributed by atoms with Gasteiger partial charge in [-0.25, -0.2) is 4.79 Å². The molecule has 0 saturated heterocycles. The highest BCUT2D eigenvalue weighted by Crippen LogP contribution is 2.14. The summed E-state index contributed by atoms with van der Waals surface area (Å²) in [6.07, 6.45) is 2.82. The number of rotatable bonds is 12. The Morgan fingerprint density at radius 1 is 0.857 bits per heavy atom. The fourth-order valence-electron chi connectivity index (χ4n) is 3.35. The molecule has 190 valence electrons. The van der Waals surface area contributed by atoms with E-state index in [0.29, 0.717) is 29.4 Å². The summed E-state index contributed by atoms with van der Waals surface area (Å²) < 4.78 is 5.49. The van der Waals surface area contributed by atoms with Crippen LogP contribution < -0.4 is 10.4 Å². The molecule has 2 aromatic rings. The molecular weight excluding hydrogens is 446 g/mol. The molecule has 0 radical (unpaired) electrons. The largest absolute Gasteiger partial charge is 0.444 e. The molecule has 8 nitrogen and oxygen atoms in total. The first kappa shape index (κ1) is 27.9. The van der Waals surface area contributed by atoms with Crippen molar-refractivity contribution in [2.75, 3.05) is 24.7 Å². The van der Waals surface area contributed by atoms with Gasteiger partial charge in [-0.2, -0.15) is 5.06 Å². The molecule has 0 aliphatic carbocycles. The first-order valence-corrected chi connectivity index (χ1v) is 12.1. The summed E-state index contributed by atoms with van der Waals surface area (Å²) in [6.45, 7) is 6.55. The van der Waals surface area contributed by atoms with Crippen molar-refractivity contribution in [3.8, 4) is 0 Å². The number of nitrogens with one attached hydrogen (secondary N) is 1. The predicted molar refractivity (Wildman–Crippen MR) is 135 cm³/mol. The van der Waals surface area contributed by atoms with Crippen molar-refractivity contribution >= 4 is 23.6 Å². The summed E-state index contributed by atoms with van der Waals surface area (Å²) in [5.74, 6) is -0.585. The van der Waals surface area contributed by atoms with E-state index < -0.39 is 17.6 Å². The van der Waals surface area contributed by atoms with E-state index in [1.807, 2.05) is 18.2 Å². The monoisotopic (exact) mass is 483 g/mol. The Morgan fingerprint density at radius 2 is 1.46 bits per heavy atom. The van der Waals surface area contributed by atoms with Crippen molar-refractivity contribution in [3.05, 3.63) is 66.2 Å². The van der Waals surface area contributed by atoms with E-state index in [2.05, 4.69) is 5.32 Å². The highest BCUT2D eigenvalue weighted by molar-refractivity contribution is 5.94. The number of hydroxylamine groups is 1. The molecule has 35 heavy (non-hydrogen) atoms. The third kappa shape index (κ3) is 10.6. The zero-order valence-electron chi connectivity index (χ0n) is 20.9. The number of amides is 3. The number of para-hydroxylation sites is 1. The Kier molecular flexibility index (Phi) is 11.2. The number of ether oxygens (including phenoxy) is 1. The molecule has 0 unspecified atom stereocenters. The van der Waals surface area contributed by atoms with Crippen LogP contribution in [0.5, 0.6) is 0 Å². The van der Waals surface area contributed by atoms with Crippen molar-refractivity contribution < 1.29 is 24.3 Å². The summed E-state index contributed by atoms with van der Waals surface area (Å²) in [6, 6.07) is 17.6. The van der Waals surface area contributed by atoms with Crippen LogP contribution in [0, 0.1) is 0 Å². The second-order valence-electron chi connectivity index (χ2n) is 9.29. The van der Waals surface area contributed by atoms with E-state index in [1.54, 1.807) is 63.2 Å². The van der Waals surface area contributed by atoms with Gasteiger partial charge in [-0.1, -0.05) is 49.2 Å². The molecule has 2 rings (SSSR count). The SMILES string of the molecule is CC(C)(C)OC(=O)N(CCCCCCNC(=O)c1ccccc1)CCC(=O)N(O)c1ccccc1. The number of unbranched alkanes of at least 4 members (excludes halogenated alkanes) is 3. The molecule has 0 aliphatic rings. The maximum absolute atomic E-state index is 12.7. The number of nitrogens with zero attached hydrogens (tertiary/aromatic N) is 2. The topological polar surface area (TPSA) is 99.2 Å². The van der Waals surface area contributed by atoms with Crippen molar-refractivity contribution in [1.29, 1.82) is 0 Å². The van der Waals surface area contributed by atoms with Crippen LogP contribution in [0.1, 0.15) is 63.2 Å². The smallest absolute Gasteiger partial charge is 0.410 e. The third-order valence-electron chi connectivity index (χ3n) is 5.16. The van der Waals surface area contributed by atoms with Crippen LogP contribution in [0.4, 0.5) is 10.5 Å². The maximum atomic E-state index is 12.7. The molecule has 8 heteroatoms. The Morgan fingerprint density at radius 3 is 2.09 bits per heavy atom. The summed E-state index contributed by atoms with van der Waals surface area (Å²) in [4.78, 5) is 38.7. The molecular formula is C27H37N3O5. The van der Waals surface area contributed by atoms with Gasteiger partial charge in [-0.05, 0) is 57.9 Å². The first-order valence-electron chi connectivity index (χ1n) is 12.1. The molecule has 0 atom stereocenters. The van der Waals surface area contributed by atoms with Crippen LogP contribution in [-0.2, 0) is 9.53 Å². The minimum absolute atomic E-state index is 0.0316. The number of carbonyl (C=O) groups is 3. The van der Waals surface area contributed by atoms with E-state index in [0.717, 1.165) is 25.7 Å². The molecule has 0 fully saturated rings. The van der Waals surface area contributed by atoms with Crippen LogP contribution in [-0.4, -0.2) is 53.3 Å². The Bertz CT molecular complexity index is 929. The van der Waals surface area contributed by atoms with Crippen LogP contribution >= 0.6 is 0 Å². The first-order chi connectivity index (χ1) is 16.7. The van der Waals surface area contributed by atoms with Gasteiger partial charge >= 0.3 is 6.09 Å². The normalized spacial score (nSPS) is 11.0. The molecule has 0 heterocycles. The van der Waals surface area contributed by atoms with Crippen LogP contribution in [0.3, 0.4) is 0 Å². The van der Waals surface area contributed by atoms with E-state index in [9.17, 15) is 19.6 Å². The molecule has 0 bridgehead atoms. The minimum atomic E-state index is -0.649. The molecule has 2 N–H and O–H groups in total. The minimum Gasteiger partial charge on any atom is -0.444 e.